The number of nitrogens with two attached hydrogens (primary N) is 1. The minimum absolute atomic E-state index is 0.110. The quantitative estimate of drug-likeness (QED) is 0.727. The summed E-state index contributed by atoms with van der Waals surface area (Å²) in [6.07, 6.45) is 0. The normalized spacial score (nSPS) is 11.1. The fraction of sp³-hybridized carbons (Fsp3) is 0.154. The summed E-state index contributed by atoms with van der Waals surface area (Å²) < 4.78 is 10.9. The Bertz CT molecular complexity index is 881. The number of nitrogen functional groups attached to an aromatic ring is 1. The highest BCUT2D eigenvalue weighted by Crippen LogP contribution is 2.29. The molecule has 0 unspecified atom stereocenters. The van der Waals surface area contributed by atoms with Gasteiger partial charge in [-0.15, -0.1) is 0 Å². The molecule has 0 spiro atoms. The van der Waals surface area contributed by atoms with E-state index in [0.717, 1.165) is 6.07 Å². The summed E-state index contributed by atoms with van der Waals surface area (Å²) in [5.74, 6) is -0.767. The predicted molar refractivity (Wildman–Crippen MR) is 76.0 cm³/mol. The van der Waals surface area contributed by atoms with Crippen molar-refractivity contribution >= 4 is 43.6 Å². The number of anilines is 1. The third-order valence-electron chi connectivity index (χ3n) is 2.74. The van der Waals surface area contributed by atoms with Gasteiger partial charge < -0.3 is 14.9 Å². The van der Waals surface area contributed by atoms with Crippen LogP contribution in [-0.4, -0.2) is 17.6 Å². The zero-order valence-corrected chi connectivity index (χ0v) is 11.3. The van der Waals surface area contributed by atoms with Crippen molar-refractivity contribution in [3.63, 3.8) is 0 Å². The molecule has 7 heteroatoms. The number of ether oxygens (including phenoxy) is 1. The molecule has 0 radical (unpaired) electrons. The summed E-state index contributed by atoms with van der Waals surface area (Å²) in [7, 11) is 0. The highest BCUT2D eigenvalue weighted by Gasteiger charge is 2.16. The second-order valence-corrected chi connectivity index (χ2v) is 5.07. The van der Waals surface area contributed by atoms with Crippen LogP contribution in [0.1, 0.15) is 17.5 Å². The highest BCUT2D eigenvalue weighted by molar-refractivity contribution is 7.22. The molecule has 2 heterocycles. The van der Waals surface area contributed by atoms with Gasteiger partial charge >= 0.3 is 5.97 Å². The lowest BCUT2D eigenvalue weighted by atomic mass is 10.2. The largest absolute Gasteiger partial charge is 0.460 e. The number of esters is 1. The Labute approximate surface area is 116 Å². The van der Waals surface area contributed by atoms with Crippen molar-refractivity contribution < 1.29 is 13.9 Å². The van der Waals surface area contributed by atoms with Gasteiger partial charge in [-0.05, 0) is 19.1 Å². The molecule has 20 heavy (non-hydrogen) atoms. The molecule has 6 nitrogen and oxygen atoms in total. The van der Waals surface area contributed by atoms with Crippen LogP contribution in [0.3, 0.4) is 0 Å². The van der Waals surface area contributed by atoms with E-state index in [1.165, 1.54) is 11.3 Å². The average Bonchev–Trinajstić information content (AvgIpc) is 2.78. The van der Waals surface area contributed by atoms with Crippen molar-refractivity contribution in [1.29, 1.82) is 0 Å². The monoisotopic (exact) mass is 290 g/mol. The van der Waals surface area contributed by atoms with Crippen LogP contribution in [0.15, 0.2) is 27.4 Å². The van der Waals surface area contributed by atoms with Crippen molar-refractivity contribution in [2.75, 3.05) is 12.3 Å². The molecule has 0 aliphatic carbocycles. The van der Waals surface area contributed by atoms with E-state index in [0.29, 0.717) is 26.3 Å². The number of thiazole rings is 1. The molecule has 0 aliphatic rings. The summed E-state index contributed by atoms with van der Waals surface area (Å²) in [5, 5.41) is 0.756. The number of nitrogens with zero attached hydrogens (tertiary/aromatic N) is 1. The minimum atomic E-state index is -0.657. The third-order valence-corrected chi connectivity index (χ3v) is 3.66. The predicted octanol–water partition coefficient (Wildman–Crippen LogP) is 2.16. The smallest absolute Gasteiger partial charge is 0.374 e. The zero-order valence-electron chi connectivity index (χ0n) is 10.5. The molecule has 0 aliphatic heterocycles. The number of carbonyl (C=O) groups is 1. The lowest BCUT2D eigenvalue weighted by Gasteiger charge is -2.02. The van der Waals surface area contributed by atoms with Crippen LogP contribution in [0.25, 0.3) is 21.2 Å². The van der Waals surface area contributed by atoms with Gasteiger partial charge in [-0.2, -0.15) is 0 Å². The number of aromatic nitrogens is 1. The molecule has 0 amide bonds. The minimum Gasteiger partial charge on any atom is -0.460 e. The standard InChI is InChI=1S/C13H10N2O4S/c1-2-18-12(17)9-5-7(16)10-8(19-9)4-3-6-11(10)20-13(14)15-6/h3-5H,2H2,1H3,(H2,14,15). The van der Waals surface area contributed by atoms with Gasteiger partial charge in [0.05, 0.1) is 22.2 Å². The number of carbonyl (C=O) groups excluding carboxylic acids is 1. The van der Waals surface area contributed by atoms with Gasteiger partial charge in [0.15, 0.2) is 10.6 Å². The van der Waals surface area contributed by atoms with Crippen LogP contribution < -0.4 is 11.2 Å². The maximum absolute atomic E-state index is 12.2. The van der Waals surface area contributed by atoms with E-state index in [1.54, 1.807) is 19.1 Å². The van der Waals surface area contributed by atoms with Crippen LogP contribution in [0.2, 0.25) is 0 Å². The highest BCUT2D eigenvalue weighted by atomic mass is 32.1. The summed E-state index contributed by atoms with van der Waals surface area (Å²) in [5.41, 5.74) is 6.29. The van der Waals surface area contributed by atoms with Gasteiger partial charge in [0.2, 0.25) is 5.76 Å². The Morgan fingerprint density at radius 3 is 3.05 bits per heavy atom. The van der Waals surface area contributed by atoms with E-state index in [1.807, 2.05) is 0 Å². The van der Waals surface area contributed by atoms with Gasteiger partial charge in [0, 0.05) is 6.07 Å². The molecule has 0 saturated heterocycles. The molecule has 1 aromatic carbocycles. The van der Waals surface area contributed by atoms with E-state index < -0.39 is 5.97 Å². The molecular weight excluding hydrogens is 280 g/mol. The second-order valence-electron chi connectivity index (χ2n) is 4.03. The second kappa shape index (κ2) is 4.61. The number of benzene rings is 1. The summed E-state index contributed by atoms with van der Waals surface area (Å²) in [6, 6.07) is 4.43. The van der Waals surface area contributed by atoms with Crippen LogP contribution in [0.5, 0.6) is 0 Å². The van der Waals surface area contributed by atoms with E-state index in [-0.39, 0.29) is 17.8 Å². The molecule has 0 fully saturated rings. The SMILES string of the molecule is CCOC(=O)c1cc(=O)c2c(ccc3nc(N)sc32)o1. The number of hydrogen-bond donors (Lipinski definition) is 1. The Balaban J connectivity index is 2.31. The van der Waals surface area contributed by atoms with Crippen LogP contribution in [-0.2, 0) is 4.74 Å². The molecule has 2 aromatic heterocycles. The van der Waals surface area contributed by atoms with Crippen LogP contribution >= 0.6 is 11.3 Å². The van der Waals surface area contributed by atoms with Gasteiger partial charge in [-0.3, -0.25) is 4.79 Å². The molecule has 3 aromatic rings. The van der Waals surface area contributed by atoms with Crippen molar-refractivity contribution in [2.24, 2.45) is 0 Å². The van der Waals surface area contributed by atoms with Crippen molar-refractivity contribution in [2.45, 2.75) is 6.92 Å². The fourth-order valence-corrected chi connectivity index (χ4v) is 2.83. The van der Waals surface area contributed by atoms with E-state index in [2.05, 4.69) is 4.98 Å². The molecular formula is C13H10N2O4S. The van der Waals surface area contributed by atoms with E-state index in [9.17, 15) is 9.59 Å². The van der Waals surface area contributed by atoms with Crippen molar-refractivity contribution in [3.8, 4) is 0 Å². The molecule has 102 valence electrons. The summed E-state index contributed by atoms with van der Waals surface area (Å²) in [6.45, 7) is 1.89. The average molecular weight is 290 g/mol. The van der Waals surface area contributed by atoms with Gasteiger partial charge in [-0.25, -0.2) is 9.78 Å². The number of rotatable bonds is 2. The van der Waals surface area contributed by atoms with E-state index >= 15 is 0 Å². The summed E-state index contributed by atoms with van der Waals surface area (Å²) in [4.78, 5) is 27.9. The first-order valence-electron chi connectivity index (χ1n) is 5.90. The van der Waals surface area contributed by atoms with E-state index in [4.69, 9.17) is 14.9 Å². The molecule has 0 saturated carbocycles. The Morgan fingerprint density at radius 1 is 1.50 bits per heavy atom. The van der Waals surface area contributed by atoms with Crippen LogP contribution in [0, 0.1) is 0 Å². The Morgan fingerprint density at radius 2 is 2.30 bits per heavy atom. The number of fused-ring (bicyclic) bond motifs is 3. The Hall–Kier alpha value is -2.41. The maximum atomic E-state index is 12.2. The Kier molecular flexibility index (Phi) is 2.90. The number of hydrogen-bond acceptors (Lipinski definition) is 7. The third kappa shape index (κ3) is 1.92. The fourth-order valence-electron chi connectivity index (χ4n) is 1.95. The first-order chi connectivity index (χ1) is 9.60. The first kappa shape index (κ1) is 12.6. The molecule has 0 atom stereocenters. The maximum Gasteiger partial charge on any atom is 0.374 e. The topological polar surface area (TPSA) is 95.4 Å². The summed E-state index contributed by atoms with van der Waals surface area (Å²) >= 11 is 1.21. The molecule has 2 N–H and O–H groups in total. The van der Waals surface area contributed by atoms with Gasteiger partial charge in [-0.1, -0.05) is 11.3 Å². The van der Waals surface area contributed by atoms with Crippen molar-refractivity contribution in [3.05, 3.63) is 34.2 Å². The lowest BCUT2D eigenvalue weighted by molar-refractivity contribution is 0.0490. The zero-order chi connectivity index (χ0) is 14.3. The van der Waals surface area contributed by atoms with Gasteiger partial charge in [0.1, 0.15) is 5.58 Å². The van der Waals surface area contributed by atoms with Gasteiger partial charge in [0.25, 0.3) is 0 Å². The lowest BCUT2D eigenvalue weighted by Crippen LogP contribution is -2.10. The van der Waals surface area contributed by atoms with Crippen LogP contribution in [0.4, 0.5) is 5.13 Å². The molecule has 0 bridgehead atoms. The molecule has 3 rings (SSSR count). The van der Waals surface area contributed by atoms with Crippen molar-refractivity contribution in [1.82, 2.24) is 4.98 Å². The first-order valence-corrected chi connectivity index (χ1v) is 6.72.